The molecule has 220 valence electrons. The molecular formula is C29H30ClF3N8O. The summed E-state index contributed by atoms with van der Waals surface area (Å²) < 4.78 is 41.9. The molecule has 0 radical (unpaired) electrons. The second kappa shape index (κ2) is 13.2. The number of hydrogen-bond acceptors (Lipinski definition) is 8. The lowest BCUT2D eigenvalue weighted by Crippen LogP contribution is -2.44. The number of piperazine rings is 1. The van der Waals surface area contributed by atoms with Gasteiger partial charge >= 0.3 is 6.18 Å². The molecule has 5 N–H and O–H groups in total. The van der Waals surface area contributed by atoms with Gasteiger partial charge in [0.1, 0.15) is 23.7 Å². The third-order valence-corrected chi connectivity index (χ3v) is 7.01. The number of likely N-dealkylation sites (N-methyl/N-ethyl adjacent to an activating group) is 1. The standard InChI is InChI=1S/C29H30ClF3N8O/c1-3-36-27-25(26(35)37-17-38-27)24(34)9-6-18-14-19(5-8-23(18)30)28(42)39-21-7-4-20(22(15-21)29(31,32)33)16-41-12-10-40(2)11-13-41/h4-5,7-8,14-15,17,34H,3,10-13,16H2,1-2H3,(H,39,42)(H3,35,36,37,38). The highest BCUT2D eigenvalue weighted by molar-refractivity contribution is 6.32. The molecule has 1 saturated heterocycles. The fourth-order valence-electron chi connectivity index (χ4n) is 4.41. The van der Waals surface area contributed by atoms with Gasteiger partial charge in [-0.15, -0.1) is 0 Å². The van der Waals surface area contributed by atoms with Gasteiger partial charge in [-0.05, 0) is 55.8 Å². The first-order valence-corrected chi connectivity index (χ1v) is 13.5. The summed E-state index contributed by atoms with van der Waals surface area (Å²) in [5.74, 6) is 5.22. The molecule has 42 heavy (non-hydrogen) atoms. The molecule has 9 nitrogen and oxygen atoms in total. The van der Waals surface area contributed by atoms with Gasteiger partial charge in [0.25, 0.3) is 5.91 Å². The lowest BCUT2D eigenvalue weighted by Gasteiger charge is -2.33. The Morgan fingerprint density at radius 3 is 2.57 bits per heavy atom. The van der Waals surface area contributed by atoms with E-state index in [1.165, 1.54) is 36.7 Å². The number of halogens is 4. The van der Waals surface area contributed by atoms with Crippen molar-refractivity contribution in [3.63, 3.8) is 0 Å². The zero-order chi connectivity index (χ0) is 30.4. The number of nitrogen functional groups attached to an aromatic ring is 1. The van der Waals surface area contributed by atoms with E-state index in [0.717, 1.165) is 19.2 Å². The highest BCUT2D eigenvalue weighted by Crippen LogP contribution is 2.35. The van der Waals surface area contributed by atoms with E-state index in [1.807, 2.05) is 18.9 Å². The van der Waals surface area contributed by atoms with Crippen molar-refractivity contribution >= 4 is 40.5 Å². The van der Waals surface area contributed by atoms with Gasteiger partial charge in [-0.1, -0.05) is 23.6 Å². The molecule has 4 rings (SSSR count). The van der Waals surface area contributed by atoms with E-state index in [4.69, 9.17) is 22.7 Å². The summed E-state index contributed by atoms with van der Waals surface area (Å²) in [6, 6.07) is 8.11. The van der Waals surface area contributed by atoms with Gasteiger partial charge in [0, 0.05) is 56.1 Å². The summed E-state index contributed by atoms with van der Waals surface area (Å²) in [4.78, 5) is 25.1. The molecule has 0 aliphatic carbocycles. The molecule has 0 saturated carbocycles. The number of nitrogens with zero attached hydrogens (tertiary/aromatic N) is 4. The molecule has 2 aromatic carbocycles. The summed E-state index contributed by atoms with van der Waals surface area (Å²) >= 11 is 6.28. The minimum atomic E-state index is -4.59. The van der Waals surface area contributed by atoms with Crippen LogP contribution in [0.3, 0.4) is 0 Å². The van der Waals surface area contributed by atoms with Crippen LogP contribution in [-0.4, -0.2) is 71.2 Å². The topological polar surface area (TPSA) is 123 Å². The molecule has 1 aliphatic heterocycles. The predicted molar refractivity (Wildman–Crippen MR) is 158 cm³/mol. The molecule has 0 unspecified atom stereocenters. The number of aromatic nitrogens is 2. The highest BCUT2D eigenvalue weighted by Gasteiger charge is 2.34. The Labute approximate surface area is 246 Å². The number of alkyl halides is 3. The van der Waals surface area contributed by atoms with Crippen LogP contribution >= 0.6 is 11.6 Å². The molecule has 0 atom stereocenters. The maximum absolute atomic E-state index is 14.0. The Hall–Kier alpha value is -4.18. The second-order valence-corrected chi connectivity index (χ2v) is 10.1. The number of carbonyl (C=O) groups excluding carboxylic acids is 1. The second-order valence-electron chi connectivity index (χ2n) is 9.74. The first-order chi connectivity index (χ1) is 20.0. The molecular weight excluding hydrogens is 569 g/mol. The van der Waals surface area contributed by atoms with Crippen molar-refractivity contribution in [1.82, 2.24) is 19.8 Å². The van der Waals surface area contributed by atoms with Crippen molar-refractivity contribution in [2.45, 2.75) is 19.6 Å². The number of amides is 1. The minimum Gasteiger partial charge on any atom is -0.383 e. The minimum absolute atomic E-state index is 0.00863. The number of nitrogens with one attached hydrogen (secondary N) is 3. The quantitative estimate of drug-likeness (QED) is 0.232. The van der Waals surface area contributed by atoms with Crippen LogP contribution in [0, 0.1) is 17.3 Å². The molecule has 0 spiro atoms. The smallest absolute Gasteiger partial charge is 0.383 e. The molecule has 2 heterocycles. The normalized spacial score (nSPS) is 14.1. The van der Waals surface area contributed by atoms with E-state index < -0.39 is 17.6 Å². The van der Waals surface area contributed by atoms with Crippen LogP contribution in [0.15, 0.2) is 42.7 Å². The number of rotatable bonds is 7. The predicted octanol–water partition coefficient (Wildman–Crippen LogP) is 4.58. The Morgan fingerprint density at radius 1 is 1.14 bits per heavy atom. The average Bonchev–Trinajstić information content (AvgIpc) is 2.94. The first-order valence-electron chi connectivity index (χ1n) is 13.1. The Kier molecular flexibility index (Phi) is 9.67. The number of carbonyl (C=O) groups is 1. The fraction of sp³-hybridized carbons (Fsp3) is 0.310. The number of benzene rings is 2. The van der Waals surface area contributed by atoms with E-state index in [1.54, 1.807) is 0 Å². The van der Waals surface area contributed by atoms with Gasteiger partial charge in [0.05, 0.1) is 16.1 Å². The summed E-state index contributed by atoms with van der Waals surface area (Å²) in [7, 11) is 1.98. The number of hydrogen-bond donors (Lipinski definition) is 4. The van der Waals surface area contributed by atoms with Crippen molar-refractivity contribution in [2.75, 3.05) is 56.1 Å². The lowest BCUT2D eigenvalue weighted by molar-refractivity contribution is -0.138. The Balaban J connectivity index is 1.53. The van der Waals surface area contributed by atoms with E-state index in [-0.39, 0.29) is 51.0 Å². The molecule has 1 amide bonds. The van der Waals surface area contributed by atoms with Crippen molar-refractivity contribution in [3.8, 4) is 11.8 Å². The maximum Gasteiger partial charge on any atom is 0.416 e. The van der Waals surface area contributed by atoms with Crippen LogP contribution in [0.25, 0.3) is 0 Å². The maximum atomic E-state index is 14.0. The zero-order valence-electron chi connectivity index (χ0n) is 23.1. The van der Waals surface area contributed by atoms with E-state index >= 15 is 0 Å². The molecule has 0 bridgehead atoms. The van der Waals surface area contributed by atoms with Gasteiger partial charge < -0.3 is 21.3 Å². The summed E-state index contributed by atoms with van der Waals surface area (Å²) in [5, 5.41) is 14.1. The average molecular weight is 599 g/mol. The Morgan fingerprint density at radius 2 is 1.88 bits per heavy atom. The molecule has 3 aromatic rings. The van der Waals surface area contributed by atoms with E-state index in [2.05, 4.69) is 37.3 Å². The van der Waals surface area contributed by atoms with Crippen molar-refractivity contribution in [1.29, 1.82) is 5.41 Å². The summed E-state index contributed by atoms with van der Waals surface area (Å²) in [6.45, 7) is 5.50. The number of nitrogens with two attached hydrogens (primary N) is 1. The van der Waals surface area contributed by atoms with Crippen LogP contribution in [-0.2, 0) is 12.7 Å². The molecule has 1 aliphatic rings. The summed E-state index contributed by atoms with van der Waals surface area (Å²) in [6.07, 6.45) is -3.31. The van der Waals surface area contributed by atoms with E-state index in [9.17, 15) is 18.0 Å². The first kappa shape index (κ1) is 30.8. The Bertz CT molecular complexity index is 1540. The van der Waals surface area contributed by atoms with Crippen LogP contribution in [0.5, 0.6) is 0 Å². The van der Waals surface area contributed by atoms with Crippen molar-refractivity contribution < 1.29 is 18.0 Å². The third kappa shape index (κ3) is 7.55. The van der Waals surface area contributed by atoms with Gasteiger partial charge in [-0.25, -0.2) is 9.97 Å². The van der Waals surface area contributed by atoms with Crippen molar-refractivity contribution in [2.24, 2.45) is 0 Å². The van der Waals surface area contributed by atoms with Gasteiger partial charge in [-0.3, -0.25) is 15.1 Å². The lowest BCUT2D eigenvalue weighted by atomic mass is 10.0. The summed E-state index contributed by atoms with van der Waals surface area (Å²) in [5.41, 5.74) is 5.74. The molecule has 13 heteroatoms. The monoisotopic (exact) mass is 598 g/mol. The molecule has 1 aromatic heterocycles. The van der Waals surface area contributed by atoms with Crippen LogP contribution < -0.4 is 16.4 Å². The van der Waals surface area contributed by atoms with E-state index in [0.29, 0.717) is 25.5 Å². The van der Waals surface area contributed by atoms with Gasteiger partial charge in [0.2, 0.25) is 0 Å². The van der Waals surface area contributed by atoms with Gasteiger partial charge in [-0.2, -0.15) is 13.2 Å². The SMILES string of the molecule is CCNc1ncnc(N)c1C(=N)C#Cc1cc(C(=O)Nc2ccc(CN3CCN(C)CC3)c(C(F)(F)F)c2)ccc1Cl. The third-order valence-electron chi connectivity index (χ3n) is 6.68. The largest absolute Gasteiger partial charge is 0.416 e. The van der Waals surface area contributed by atoms with Crippen LogP contribution in [0.1, 0.15) is 39.5 Å². The van der Waals surface area contributed by atoms with Crippen molar-refractivity contribution in [3.05, 3.63) is 75.6 Å². The van der Waals surface area contributed by atoms with Gasteiger partial charge in [0.15, 0.2) is 0 Å². The fourth-order valence-corrected chi connectivity index (χ4v) is 4.57. The van der Waals surface area contributed by atoms with Crippen LogP contribution in [0.4, 0.5) is 30.5 Å². The van der Waals surface area contributed by atoms with Crippen LogP contribution in [0.2, 0.25) is 5.02 Å². The number of anilines is 3. The zero-order valence-corrected chi connectivity index (χ0v) is 23.8. The molecule has 1 fully saturated rings. The highest BCUT2D eigenvalue weighted by atomic mass is 35.5.